The summed E-state index contributed by atoms with van der Waals surface area (Å²) in [7, 11) is 0. The maximum Gasteiger partial charge on any atom is 0.193 e. The van der Waals surface area contributed by atoms with Gasteiger partial charge in [-0.05, 0) is 24.3 Å². The molecule has 1 aliphatic heterocycles. The van der Waals surface area contributed by atoms with Crippen molar-refractivity contribution in [3.8, 4) is 17.2 Å². The molecule has 3 rings (SSSR count). The molecule has 0 atom stereocenters. The van der Waals surface area contributed by atoms with Gasteiger partial charge in [0.05, 0.1) is 24.8 Å². The van der Waals surface area contributed by atoms with Crippen LogP contribution < -0.4 is 25.3 Å². The van der Waals surface area contributed by atoms with E-state index < -0.39 is 0 Å². The summed E-state index contributed by atoms with van der Waals surface area (Å²) in [4.78, 5) is 4.24. The van der Waals surface area contributed by atoms with Crippen LogP contribution in [0.2, 0.25) is 5.02 Å². The Kier molecular flexibility index (Phi) is 5.85. The second kappa shape index (κ2) is 8.48. The van der Waals surface area contributed by atoms with E-state index in [1.165, 1.54) is 0 Å². The number of nitrogens with one attached hydrogen (secondary N) is 1. The van der Waals surface area contributed by atoms with Crippen molar-refractivity contribution in [1.82, 2.24) is 0 Å². The molecule has 0 aromatic heterocycles. The van der Waals surface area contributed by atoms with Gasteiger partial charge in [-0.25, -0.2) is 4.99 Å². The van der Waals surface area contributed by atoms with Gasteiger partial charge in [0.1, 0.15) is 12.4 Å². The van der Waals surface area contributed by atoms with E-state index in [0.717, 1.165) is 17.9 Å². The van der Waals surface area contributed by atoms with E-state index in [2.05, 4.69) is 10.3 Å². The van der Waals surface area contributed by atoms with Gasteiger partial charge in [-0.2, -0.15) is 0 Å². The topological polar surface area (TPSA) is 78.1 Å². The van der Waals surface area contributed by atoms with Crippen LogP contribution in [0.5, 0.6) is 17.2 Å². The molecule has 6 nitrogen and oxygen atoms in total. The van der Waals surface area contributed by atoms with E-state index in [-0.39, 0.29) is 0 Å². The minimum atomic E-state index is 0.303. The summed E-state index contributed by atoms with van der Waals surface area (Å²) in [5, 5.41) is 3.61. The first-order valence-corrected chi connectivity index (χ1v) is 8.44. The number of aliphatic imine (C=N–C) groups is 1. The lowest BCUT2D eigenvalue weighted by atomic mass is 10.3. The number of rotatable bonds is 5. The number of halogens is 1. The van der Waals surface area contributed by atoms with E-state index >= 15 is 0 Å². The van der Waals surface area contributed by atoms with Crippen molar-refractivity contribution in [2.45, 2.75) is 6.42 Å². The fraction of sp³-hybridized carbons (Fsp3) is 0.278. The number of ether oxygens (including phenoxy) is 3. The molecular weight excluding hydrogens is 342 g/mol. The van der Waals surface area contributed by atoms with Crippen molar-refractivity contribution >= 4 is 23.2 Å². The fourth-order valence-electron chi connectivity index (χ4n) is 2.31. The van der Waals surface area contributed by atoms with Gasteiger partial charge in [0.2, 0.25) is 0 Å². The molecule has 0 radical (unpaired) electrons. The van der Waals surface area contributed by atoms with Gasteiger partial charge >= 0.3 is 0 Å². The number of nitrogens with two attached hydrogens (primary N) is 1. The SMILES string of the molecule is NC(=NCCOc1ccccc1Cl)Nc1ccc2c(c1)OCCCO2. The summed E-state index contributed by atoms with van der Waals surface area (Å²) in [6.07, 6.45) is 0.868. The molecule has 7 heteroatoms. The van der Waals surface area contributed by atoms with E-state index in [4.69, 9.17) is 31.5 Å². The van der Waals surface area contributed by atoms with Crippen LogP contribution in [0.15, 0.2) is 47.5 Å². The van der Waals surface area contributed by atoms with Crippen molar-refractivity contribution in [3.63, 3.8) is 0 Å². The Hall–Kier alpha value is -2.60. The Morgan fingerprint density at radius 2 is 1.96 bits per heavy atom. The molecular formula is C18H20ClN3O3. The monoisotopic (exact) mass is 361 g/mol. The molecule has 1 aliphatic rings. The number of fused-ring (bicyclic) bond motifs is 1. The number of nitrogens with zero attached hydrogens (tertiary/aromatic N) is 1. The van der Waals surface area contributed by atoms with Crippen LogP contribution in [0.1, 0.15) is 6.42 Å². The zero-order chi connectivity index (χ0) is 17.5. The normalized spacial score (nSPS) is 13.9. The number of guanidine groups is 1. The zero-order valence-corrected chi connectivity index (χ0v) is 14.5. The number of para-hydroxylation sites is 1. The summed E-state index contributed by atoms with van der Waals surface area (Å²) in [6.45, 7) is 2.09. The maximum absolute atomic E-state index is 6.02. The molecule has 0 saturated carbocycles. The lowest BCUT2D eigenvalue weighted by Crippen LogP contribution is -2.23. The van der Waals surface area contributed by atoms with Gasteiger partial charge in [0, 0.05) is 18.2 Å². The number of anilines is 1. The predicted octanol–water partition coefficient (Wildman–Crippen LogP) is 3.31. The Balaban J connectivity index is 1.51. The van der Waals surface area contributed by atoms with Crippen LogP contribution in [0.25, 0.3) is 0 Å². The first-order chi connectivity index (χ1) is 12.2. The van der Waals surface area contributed by atoms with E-state index in [0.29, 0.717) is 48.8 Å². The molecule has 0 amide bonds. The lowest BCUT2D eigenvalue weighted by Gasteiger charge is -2.11. The molecule has 0 aliphatic carbocycles. The minimum absolute atomic E-state index is 0.303. The summed E-state index contributed by atoms with van der Waals surface area (Å²) in [5.74, 6) is 2.38. The Morgan fingerprint density at radius 3 is 2.80 bits per heavy atom. The van der Waals surface area contributed by atoms with Gasteiger partial charge in [0.25, 0.3) is 0 Å². The third-order valence-electron chi connectivity index (χ3n) is 3.49. The molecule has 25 heavy (non-hydrogen) atoms. The van der Waals surface area contributed by atoms with Crippen molar-refractivity contribution < 1.29 is 14.2 Å². The maximum atomic E-state index is 6.02. The van der Waals surface area contributed by atoms with Gasteiger partial charge in [-0.15, -0.1) is 0 Å². The van der Waals surface area contributed by atoms with Crippen LogP contribution in [0, 0.1) is 0 Å². The van der Waals surface area contributed by atoms with Crippen LogP contribution in [0.4, 0.5) is 5.69 Å². The molecule has 2 aromatic carbocycles. The fourth-order valence-corrected chi connectivity index (χ4v) is 2.50. The average Bonchev–Trinajstić information content (AvgIpc) is 2.85. The Labute approximate surface area is 151 Å². The van der Waals surface area contributed by atoms with Crippen LogP contribution in [-0.2, 0) is 0 Å². The molecule has 0 spiro atoms. The average molecular weight is 362 g/mol. The van der Waals surface area contributed by atoms with Crippen molar-refractivity contribution in [2.24, 2.45) is 10.7 Å². The van der Waals surface area contributed by atoms with Crippen molar-refractivity contribution in [2.75, 3.05) is 31.7 Å². The van der Waals surface area contributed by atoms with Gasteiger partial charge in [0.15, 0.2) is 17.5 Å². The zero-order valence-electron chi connectivity index (χ0n) is 13.7. The minimum Gasteiger partial charge on any atom is -0.490 e. The highest BCUT2D eigenvalue weighted by atomic mass is 35.5. The number of hydrogen-bond donors (Lipinski definition) is 2. The smallest absolute Gasteiger partial charge is 0.193 e. The first kappa shape index (κ1) is 17.2. The van der Waals surface area contributed by atoms with Crippen molar-refractivity contribution in [1.29, 1.82) is 0 Å². The molecule has 132 valence electrons. The van der Waals surface area contributed by atoms with Gasteiger partial charge < -0.3 is 25.3 Å². The molecule has 0 saturated heterocycles. The van der Waals surface area contributed by atoms with Crippen LogP contribution in [-0.4, -0.2) is 32.3 Å². The Bertz CT molecular complexity index is 752. The summed E-state index contributed by atoms with van der Waals surface area (Å²) in [6, 6.07) is 12.9. The van der Waals surface area contributed by atoms with E-state index in [9.17, 15) is 0 Å². The molecule has 2 aromatic rings. The second-order valence-corrected chi connectivity index (χ2v) is 5.79. The van der Waals surface area contributed by atoms with Crippen LogP contribution >= 0.6 is 11.6 Å². The molecule has 3 N–H and O–H groups in total. The highest BCUT2D eigenvalue weighted by molar-refractivity contribution is 6.32. The third-order valence-corrected chi connectivity index (χ3v) is 3.80. The Morgan fingerprint density at radius 1 is 1.16 bits per heavy atom. The summed E-state index contributed by atoms with van der Waals surface area (Å²) >= 11 is 6.02. The highest BCUT2D eigenvalue weighted by Gasteiger charge is 2.10. The summed E-state index contributed by atoms with van der Waals surface area (Å²) < 4.78 is 16.8. The third kappa shape index (κ3) is 4.93. The van der Waals surface area contributed by atoms with Gasteiger partial charge in [-0.3, -0.25) is 0 Å². The first-order valence-electron chi connectivity index (χ1n) is 8.06. The molecule has 1 heterocycles. The molecule has 0 unspecified atom stereocenters. The molecule has 0 fully saturated rings. The number of benzene rings is 2. The predicted molar refractivity (Wildman–Crippen MR) is 99.1 cm³/mol. The molecule has 0 bridgehead atoms. The quantitative estimate of drug-likeness (QED) is 0.485. The second-order valence-electron chi connectivity index (χ2n) is 5.38. The number of hydrogen-bond acceptors (Lipinski definition) is 4. The van der Waals surface area contributed by atoms with E-state index in [1.807, 2.05) is 36.4 Å². The van der Waals surface area contributed by atoms with Gasteiger partial charge in [-0.1, -0.05) is 23.7 Å². The largest absolute Gasteiger partial charge is 0.490 e. The van der Waals surface area contributed by atoms with Crippen LogP contribution in [0.3, 0.4) is 0 Å². The summed E-state index contributed by atoms with van der Waals surface area (Å²) in [5.41, 5.74) is 6.70. The van der Waals surface area contributed by atoms with E-state index in [1.54, 1.807) is 6.07 Å². The highest BCUT2D eigenvalue weighted by Crippen LogP contribution is 2.32. The van der Waals surface area contributed by atoms with Crippen molar-refractivity contribution in [3.05, 3.63) is 47.5 Å². The lowest BCUT2D eigenvalue weighted by molar-refractivity contribution is 0.297. The standard InChI is InChI=1S/C18H20ClN3O3/c19-14-4-1-2-5-15(14)25-11-8-21-18(20)22-13-6-7-16-17(12-13)24-10-3-9-23-16/h1-2,4-7,12H,3,8-11H2,(H3,20,21,22).